The molecule has 12 amide bonds. The number of amides is 12. The van der Waals surface area contributed by atoms with Crippen molar-refractivity contribution in [1.82, 2.24) is 60.0 Å². The monoisotopic (exact) mass is 1390 g/mol. The van der Waals surface area contributed by atoms with Crippen LogP contribution in [0, 0.1) is 17.8 Å². The minimum absolute atomic E-state index is 0.0179. The highest BCUT2D eigenvalue weighted by Gasteiger charge is 2.51. The van der Waals surface area contributed by atoms with E-state index >= 15 is 14.4 Å². The first kappa shape index (κ1) is 78.9. The number of aryl methyl sites for hydroxylation is 1. The Bertz CT molecular complexity index is 3050. The van der Waals surface area contributed by atoms with Crippen LogP contribution in [0.3, 0.4) is 0 Å². The number of piperidine rings is 1. The summed E-state index contributed by atoms with van der Waals surface area (Å²) in [6, 6.07) is -8.17. The molecule has 97 heavy (non-hydrogen) atoms. The molecule has 5 fully saturated rings. The van der Waals surface area contributed by atoms with Gasteiger partial charge in [0, 0.05) is 88.6 Å². The molecule has 0 bridgehead atoms. The second-order valence-electron chi connectivity index (χ2n) is 28.0. The molecule has 1 aromatic rings. The van der Waals surface area contributed by atoms with Gasteiger partial charge in [0.15, 0.2) is 0 Å². The van der Waals surface area contributed by atoms with Crippen LogP contribution in [0.15, 0.2) is 18.2 Å². The predicted molar refractivity (Wildman–Crippen MR) is 354 cm³/mol. The lowest BCUT2D eigenvalue weighted by molar-refractivity contribution is -0.160. The normalized spacial score (nSPS) is 27.2. The molecule has 5 aliphatic rings. The molecule has 4 heterocycles. The van der Waals surface area contributed by atoms with Gasteiger partial charge in [-0.1, -0.05) is 78.5 Å². The van der Waals surface area contributed by atoms with Crippen LogP contribution in [0.5, 0.6) is 0 Å². The van der Waals surface area contributed by atoms with E-state index in [-0.39, 0.29) is 82.5 Å². The van der Waals surface area contributed by atoms with E-state index in [2.05, 4.69) is 16.0 Å². The Balaban J connectivity index is 1.43. The van der Waals surface area contributed by atoms with Crippen molar-refractivity contribution in [2.45, 2.75) is 217 Å². The zero-order chi connectivity index (χ0) is 72.3. The third-order valence-corrected chi connectivity index (χ3v) is 20.8. The number of alkyl halides is 3. The predicted octanol–water partition coefficient (Wildman–Crippen LogP) is 4.10. The van der Waals surface area contributed by atoms with Crippen LogP contribution in [0.25, 0.3) is 0 Å². The van der Waals surface area contributed by atoms with E-state index in [1.165, 1.54) is 96.7 Å². The summed E-state index contributed by atoms with van der Waals surface area (Å²) in [7, 11) is 9.76. The van der Waals surface area contributed by atoms with E-state index < -0.39 is 172 Å². The van der Waals surface area contributed by atoms with Crippen LogP contribution in [-0.4, -0.2) is 264 Å². The Labute approximate surface area is 573 Å². The summed E-state index contributed by atoms with van der Waals surface area (Å²) in [5, 5.41) is 8.03. The maximum Gasteiger partial charge on any atom is 0.417 e. The number of ether oxygens (including phenoxy) is 1. The number of likely N-dealkylation sites (tertiary alicyclic amines) is 1. The number of nitrogens with one attached hydrogen (secondary N) is 3. The highest BCUT2D eigenvalue weighted by molar-refractivity contribution is 6.31. The van der Waals surface area contributed by atoms with Gasteiger partial charge in [0.25, 0.3) is 0 Å². The third-order valence-electron chi connectivity index (χ3n) is 20.5. The number of carbonyl (C=O) groups is 12. The van der Waals surface area contributed by atoms with E-state index in [9.17, 15) is 56.3 Å². The molecule has 29 heteroatoms. The number of fused-ring (bicyclic) bond motifs is 2. The Hall–Kier alpha value is -7.10. The summed E-state index contributed by atoms with van der Waals surface area (Å²) in [5.41, 5.74) is -2.39. The first-order valence-corrected chi connectivity index (χ1v) is 34.6. The summed E-state index contributed by atoms with van der Waals surface area (Å²) < 4.78 is 46.8. The Morgan fingerprint density at radius 2 is 1.32 bits per heavy atom. The molecule has 542 valence electrons. The highest BCUT2D eigenvalue weighted by Crippen LogP contribution is 2.37. The maximum absolute atomic E-state index is 15.4. The van der Waals surface area contributed by atoms with Crippen molar-refractivity contribution in [3.05, 3.63) is 34.3 Å². The zero-order valence-electron chi connectivity index (χ0n) is 59.1. The SMILES string of the molecule is CC[C@H](C)[C@@H]1NC(=O)[C@H](CC(C)C)N(C)C(=O)C[C@@H](C(=O)N2CCCCC2)N(C)C(=O)[C@H](C(C)C)N(C)C(=O)C2(CCCC2)NC(=O)[C@@H]2CCCN2C(=O)[C@H](CCc2ccc(C(F)(F)F)c(Cl)c2)NC(=O)CN(C)C(=O)[C@H](CCOC)N(C)C(=O)[C@@H]2CCN2C(=O)[C@H](C)N(C)C1=O. The van der Waals surface area contributed by atoms with Gasteiger partial charge in [0.2, 0.25) is 70.9 Å². The lowest BCUT2D eigenvalue weighted by atomic mass is 9.91. The van der Waals surface area contributed by atoms with Gasteiger partial charge in [-0.15, -0.1) is 0 Å². The summed E-state index contributed by atoms with van der Waals surface area (Å²) in [6.45, 7) is 12.4. The number of rotatable bonds is 12. The van der Waals surface area contributed by atoms with Crippen LogP contribution in [0.2, 0.25) is 5.02 Å². The molecule has 1 spiro atoms. The van der Waals surface area contributed by atoms with Crippen molar-refractivity contribution in [3.8, 4) is 0 Å². The van der Waals surface area contributed by atoms with E-state index in [4.69, 9.17) is 16.3 Å². The lowest BCUT2D eigenvalue weighted by Crippen LogP contribution is -2.65. The maximum atomic E-state index is 15.4. The number of hydrogen-bond acceptors (Lipinski definition) is 13. The second-order valence-corrected chi connectivity index (χ2v) is 28.4. The fraction of sp³-hybridized carbons (Fsp3) is 0.735. The fourth-order valence-corrected chi connectivity index (χ4v) is 14.4. The number of carbonyl (C=O) groups excluding carboxylic acids is 12. The minimum atomic E-state index is -4.77. The standard InChI is InChI=1S/C68H104ClF3N12O13/c1-15-42(6)55-64(94)77(9)43(7)59(89)84-34-27-50(84)62(92)79(11)49(28-35-97-14)61(91)76(8)39-53(85)73-47(26-24-44-23-25-45(46(69)37-44)68(70,71)72)60(90)83-33-21-22-48(83)58(88)75-67(29-17-18-30-67)66(96)81(13)56(41(4)5)65(95)80(12)52(63(93)82-31-19-16-20-32-82)38-54(86)78(10)51(36-40(2)3)57(87)74-55/h23,25,37,40-43,47-52,55-56H,15-22,24,26-36,38-39H2,1-14H3,(H,73,85)(H,74,87)(H,75,88)/t42-,43-,47-,48-,49-,50-,51-,52-,55-,56-/m0/s1. The molecule has 25 nitrogen and oxygen atoms in total. The molecule has 4 saturated heterocycles. The molecule has 1 aliphatic carbocycles. The van der Waals surface area contributed by atoms with E-state index in [1.54, 1.807) is 25.7 Å². The number of hydrogen-bond donors (Lipinski definition) is 3. The average Bonchev–Trinajstić information content (AvgIpc) is 1.77. The van der Waals surface area contributed by atoms with Gasteiger partial charge in [-0.05, 0) is 113 Å². The fourth-order valence-electron chi connectivity index (χ4n) is 14.1. The summed E-state index contributed by atoms with van der Waals surface area (Å²) in [5.74, 6) is -9.33. The van der Waals surface area contributed by atoms with Gasteiger partial charge >= 0.3 is 6.18 Å². The summed E-state index contributed by atoms with van der Waals surface area (Å²) in [4.78, 5) is 190. The topological polar surface area (TPSA) is 279 Å². The molecule has 6 rings (SSSR count). The van der Waals surface area contributed by atoms with E-state index in [0.717, 1.165) is 23.5 Å². The molecular weight excluding hydrogens is 1290 g/mol. The van der Waals surface area contributed by atoms with Crippen LogP contribution in [0.1, 0.15) is 156 Å². The Morgan fingerprint density at radius 3 is 1.89 bits per heavy atom. The van der Waals surface area contributed by atoms with Crippen LogP contribution in [0.4, 0.5) is 13.2 Å². The first-order chi connectivity index (χ1) is 45.5. The lowest BCUT2D eigenvalue weighted by Gasteiger charge is -2.45. The van der Waals surface area contributed by atoms with E-state index in [0.29, 0.717) is 51.6 Å². The first-order valence-electron chi connectivity index (χ1n) is 34.3. The largest absolute Gasteiger partial charge is 0.417 e. The average molecular weight is 1390 g/mol. The number of methoxy groups -OCH3 is 1. The molecule has 0 radical (unpaired) electrons. The number of benzene rings is 1. The summed E-state index contributed by atoms with van der Waals surface area (Å²) in [6.07, 6.45) is -1.08. The molecule has 0 unspecified atom stereocenters. The van der Waals surface area contributed by atoms with Crippen LogP contribution >= 0.6 is 11.6 Å². The highest BCUT2D eigenvalue weighted by atomic mass is 35.5. The van der Waals surface area contributed by atoms with Gasteiger partial charge in [0.1, 0.15) is 59.9 Å². The van der Waals surface area contributed by atoms with Crippen molar-refractivity contribution >= 4 is 82.5 Å². The molecular formula is C68H104ClF3N12O13. The third kappa shape index (κ3) is 18.6. The molecule has 0 aromatic heterocycles. The van der Waals surface area contributed by atoms with Crippen molar-refractivity contribution < 1.29 is 75.4 Å². The molecule has 4 aliphatic heterocycles. The molecule has 1 aromatic carbocycles. The van der Waals surface area contributed by atoms with Gasteiger partial charge in [-0.25, -0.2) is 0 Å². The molecule has 10 atom stereocenters. The minimum Gasteiger partial charge on any atom is -0.385 e. The second kappa shape index (κ2) is 34.1. The van der Waals surface area contributed by atoms with E-state index in [1.807, 2.05) is 20.8 Å². The van der Waals surface area contributed by atoms with Crippen molar-refractivity contribution in [3.63, 3.8) is 0 Å². The van der Waals surface area contributed by atoms with Gasteiger partial charge < -0.3 is 64.8 Å². The Morgan fingerprint density at radius 1 is 0.680 bits per heavy atom. The van der Waals surface area contributed by atoms with Crippen molar-refractivity contribution in [2.24, 2.45) is 17.8 Å². The molecule has 1 saturated carbocycles. The quantitative estimate of drug-likeness (QED) is 0.266. The van der Waals surface area contributed by atoms with Gasteiger partial charge in [-0.2, -0.15) is 13.2 Å². The number of likely N-dealkylation sites (N-methyl/N-ethyl adjacent to an activating group) is 6. The van der Waals surface area contributed by atoms with Gasteiger partial charge in [0.05, 0.1) is 23.6 Å². The zero-order valence-corrected chi connectivity index (χ0v) is 59.8. The number of halogens is 4. The number of nitrogens with zero attached hydrogens (tertiary/aromatic N) is 9. The molecule has 3 N–H and O–H groups in total. The van der Waals surface area contributed by atoms with Crippen LogP contribution < -0.4 is 16.0 Å². The summed E-state index contributed by atoms with van der Waals surface area (Å²) >= 11 is 6.12. The smallest absolute Gasteiger partial charge is 0.385 e. The van der Waals surface area contributed by atoms with Crippen molar-refractivity contribution in [2.75, 3.05) is 88.7 Å². The van der Waals surface area contributed by atoms with Crippen molar-refractivity contribution in [1.29, 1.82) is 0 Å². The van der Waals surface area contributed by atoms with Crippen LogP contribution in [-0.2, 0) is 74.9 Å². The Kier molecular flexibility index (Phi) is 27.7. The van der Waals surface area contributed by atoms with Gasteiger partial charge in [-0.3, -0.25) is 57.5 Å².